The molecule has 0 aliphatic rings. The number of halogens is 3. The Bertz CT molecular complexity index is 893. The fourth-order valence-corrected chi connectivity index (χ4v) is 2.25. The number of hydrogen-bond acceptors (Lipinski definition) is 4. The normalized spacial score (nSPS) is 11.3. The number of carbonyl (C=O) groups excluding carboxylic acids is 1. The maximum absolute atomic E-state index is 12.7. The Labute approximate surface area is 146 Å². The predicted molar refractivity (Wildman–Crippen MR) is 87.0 cm³/mol. The van der Waals surface area contributed by atoms with Crippen LogP contribution in [0, 0.1) is 0 Å². The minimum atomic E-state index is -4.52. The Morgan fingerprint density at radius 3 is 2.65 bits per heavy atom. The number of nitrogens with one attached hydrogen (secondary N) is 1. The molecular formula is C17H14F3N5O. The third-order valence-electron chi connectivity index (χ3n) is 3.55. The number of aromatic nitrogens is 4. The number of pyridine rings is 1. The van der Waals surface area contributed by atoms with Gasteiger partial charge in [-0.15, -0.1) is 5.10 Å². The SMILES string of the molecule is O=C(NCCn1cc(-c2ccccc2)nn1)c1cc(C(F)(F)F)ccn1. The largest absolute Gasteiger partial charge is 0.416 e. The Kier molecular flexibility index (Phi) is 4.97. The number of nitrogens with zero attached hydrogens (tertiary/aromatic N) is 4. The molecule has 0 atom stereocenters. The van der Waals surface area contributed by atoms with Crippen LogP contribution in [0.1, 0.15) is 16.1 Å². The topological polar surface area (TPSA) is 72.7 Å². The van der Waals surface area contributed by atoms with Crippen LogP contribution in [0.15, 0.2) is 54.9 Å². The highest BCUT2D eigenvalue weighted by molar-refractivity contribution is 5.92. The molecule has 3 rings (SSSR count). The van der Waals surface area contributed by atoms with Crippen molar-refractivity contribution >= 4 is 5.91 Å². The van der Waals surface area contributed by atoms with Gasteiger partial charge in [0, 0.05) is 18.3 Å². The van der Waals surface area contributed by atoms with Gasteiger partial charge in [0.25, 0.3) is 5.91 Å². The van der Waals surface area contributed by atoms with Crippen LogP contribution in [0.3, 0.4) is 0 Å². The van der Waals surface area contributed by atoms with Crippen LogP contribution < -0.4 is 5.32 Å². The minimum Gasteiger partial charge on any atom is -0.349 e. The van der Waals surface area contributed by atoms with Crippen LogP contribution in [0.4, 0.5) is 13.2 Å². The highest BCUT2D eigenvalue weighted by atomic mass is 19.4. The Morgan fingerprint density at radius 2 is 1.92 bits per heavy atom. The monoisotopic (exact) mass is 361 g/mol. The summed E-state index contributed by atoms with van der Waals surface area (Å²) in [5.41, 5.74) is 0.400. The highest BCUT2D eigenvalue weighted by Gasteiger charge is 2.31. The summed E-state index contributed by atoms with van der Waals surface area (Å²) in [7, 11) is 0. The Balaban J connectivity index is 1.57. The molecule has 2 aromatic heterocycles. The second-order valence-electron chi connectivity index (χ2n) is 5.42. The van der Waals surface area contributed by atoms with Gasteiger partial charge in [-0.05, 0) is 12.1 Å². The summed E-state index contributed by atoms with van der Waals surface area (Å²) in [6, 6.07) is 11.0. The molecule has 0 bridgehead atoms. The molecule has 1 amide bonds. The van der Waals surface area contributed by atoms with Crippen molar-refractivity contribution in [2.45, 2.75) is 12.7 Å². The summed E-state index contributed by atoms with van der Waals surface area (Å²) >= 11 is 0. The second kappa shape index (κ2) is 7.34. The molecule has 9 heteroatoms. The zero-order valence-electron chi connectivity index (χ0n) is 13.4. The lowest BCUT2D eigenvalue weighted by Gasteiger charge is -2.08. The quantitative estimate of drug-likeness (QED) is 0.759. The summed E-state index contributed by atoms with van der Waals surface area (Å²) in [5.74, 6) is -0.681. The molecule has 3 aromatic rings. The lowest BCUT2D eigenvalue weighted by atomic mass is 10.2. The smallest absolute Gasteiger partial charge is 0.349 e. The van der Waals surface area contributed by atoms with E-state index in [1.165, 1.54) is 0 Å². The molecule has 6 nitrogen and oxygen atoms in total. The van der Waals surface area contributed by atoms with Gasteiger partial charge in [-0.2, -0.15) is 13.2 Å². The van der Waals surface area contributed by atoms with Crippen molar-refractivity contribution in [3.8, 4) is 11.3 Å². The highest BCUT2D eigenvalue weighted by Crippen LogP contribution is 2.28. The number of amides is 1. The molecule has 0 saturated carbocycles. The molecule has 0 saturated heterocycles. The van der Waals surface area contributed by atoms with Crippen molar-refractivity contribution < 1.29 is 18.0 Å². The summed E-state index contributed by atoms with van der Waals surface area (Å²) in [5, 5.41) is 10.5. The molecule has 26 heavy (non-hydrogen) atoms. The molecule has 0 fully saturated rings. The standard InChI is InChI=1S/C17H14F3N5O/c18-17(19,20)13-6-7-21-14(10-13)16(26)22-8-9-25-11-15(23-24-25)12-4-2-1-3-5-12/h1-7,10-11H,8-9H2,(H,22,26). The average molecular weight is 361 g/mol. The molecular weight excluding hydrogens is 347 g/mol. The molecule has 0 spiro atoms. The number of alkyl halides is 3. The van der Waals surface area contributed by atoms with Crippen molar-refractivity contribution in [1.82, 2.24) is 25.3 Å². The van der Waals surface area contributed by atoms with Crippen LogP contribution in [0.2, 0.25) is 0 Å². The van der Waals surface area contributed by atoms with Crippen molar-refractivity contribution in [2.24, 2.45) is 0 Å². The van der Waals surface area contributed by atoms with E-state index in [0.29, 0.717) is 12.2 Å². The first-order valence-corrected chi connectivity index (χ1v) is 7.70. The van der Waals surface area contributed by atoms with Crippen LogP contribution in [-0.4, -0.2) is 32.4 Å². The minimum absolute atomic E-state index is 0.175. The van der Waals surface area contributed by atoms with E-state index < -0.39 is 17.6 Å². The van der Waals surface area contributed by atoms with Gasteiger partial charge < -0.3 is 5.32 Å². The van der Waals surface area contributed by atoms with Gasteiger partial charge in [0.2, 0.25) is 0 Å². The summed E-state index contributed by atoms with van der Waals surface area (Å²) in [6.07, 6.45) is -1.84. The lowest BCUT2D eigenvalue weighted by molar-refractivity contribution is -0.137. The third-order valence-corrected chi connectivity index (χ3v) is 3.55. The van der Waals surface area contributed by atoms with Gasteiger partial charge in [0.05, 0.1) is 18.3 Å². The van der Waals surface area contributed by atoms with E-state index >= 15 is 0 Å². The van der Waals surface area contributed by atoms with Gasteiger partial charge in [-0.25, -0.2) is 0 Å². The number of carbonyl (C=O) groups is 1. The maximum Gasteiger partial charge on any atom is 0.416 e. The van der Waals surface area contributed by atoms with E-state index in [2.05, 4.69) is 20.6 Å². The first-order chi connectivity index (χ1) is 12.4. The fraction of sp³-hybridized carbons (Fsp3) is 0.176. The molecule has 1 aromatic carbocycles. The lowest BCUT2D eigenvalue weighted by Crippen LogP contribution is -2.28. The molecule has 1 N–H and O–H groups in total. The van der Waals surface area contributed by atoms with Crippen LogP contribution in [-0.2, 0) is 12.7 Å². The van der Waals surface area contributed by atoms with Crippen LogP contribution in [0.25, 0.3) is 11.3 Å². The fourth-order valence-electron chi connectivity index (χ4n) is 2.25. The van der Waals surface area contributed by atoms with E-state index in [-0.39, 0.29) is 12.2 Å². The molecule has 0 aliphatic carbocycles. The molecule has 134 valence electrons. The zero-order chi connectivity index (χ0) is 18.6. The average Bonchev–Trinajstić information content (AvgIpc) is 3.11. The van der Waals surface area contributed by atoms with Crippen molar-refractivity contribution in [1.29, 1.82) is 0 Å². The molecule has 0 radical (unpaired) electrons. The van der Waals surface area contributed by atoms with E-state index in [4.69, 9.17) is 0 Å². The van der Waals surface area contributed by atoms with E-state index in [1.54, 1.807) is 10.9 Å². The van der Waals surface area contributed by atoms with E-state index in [9.17, 15) is 18.0 Å². The van der Waals surface area contributed by atoms with Gasteiger partial charge in [0.15, 0.2) is 0 Å². The zero-order valence-corrected chi connectivity index (χ0v) is 13.4. The Hall–Kier alpha value is -3.23. The summed E-state index contributed by atoms with van der Waals surface area (Å²) < 4.78 is 39.6. The van der Waals surface area contributed by atoms with Gasteiger partial charge in [0.1, 0.15) is 11.4 Å². The van der Waals surface area contributed by atoms with Gasteiger partial charge >= 0.3 is 6.18 Å². The first-order valence-electron chi connectivity index (χ1n) is 7.70. The maximum atomic E-state index is 12.7. The number of hydrogen-bond donors (Lipinski definition) is 1. The Morgan fingerprint density at radius 1 is 1.15 bits per heavy atom. The summed E-state index contributed by atoms with van der Waals surface area (Å²) in [6.45, 7) is 0.499. The van der Waals surface area contributed by atoms with E-state index in [1.807, 2.05) is 30.3 Å². The van der Waals surface area contributed by atoms with Crippen molar-refractivity contribution in [2.75, 3.05) is 6.54 Å². The molecule has 2 heterocycles. The molecule has 0 aliphatic heterocycles. The molecule has 0 unspecified atom stereocenters. The first kappa shape index (κ1) is 17.6. The third kappa shape index (κ3) is 4.24. The van der Waals surface area contributed by atoms with Crippen LogP contribution in [0.5, 0.6) is 0 Å². The van der Waals surface area contributed by atoms with Gasteiger partial charge in [-0.3, -0.25) is 14.5 Å². The second-order valence-corrected chi connectivity index (χ2v) is 5.42. The predicted octanol–water partition coefficient (Wildman–Crippen LogP) is 2.79. The van der Waals surface area contributed by atoms with E-state index in [0.717, 1.165) is 23.9 Å². The summed E-state index contributed by atoms with van der Waals surface area (Å²) in [4.78, 5) is 15.6. The van der Waals surface area contributed by atoms with Crippen molar-refractivity contribution in [3.05, 3.63) is 66.1 Å². The number of benzene rings is 1. The van der Waals surface area contributed by atoms with Crippen LogP contribution >= 0.6 is 0 Å². The van der Waals surface area contributed by atoms with Gasteiger partial charge in [-0.1, -0.05) is 35.5 Å². The number of rotatable bonds is 5. The van der Waals surface area contributed by atoms with Crippen molar-refractivity contribution in [3.63, 3.8) is 0 Å².